The minimum absolute atomic E-state index is 0.233. The highest BCUT2D eigenvalue weighted by molar-refractivity contribution is 7.12. The minimum Gasteiger partial charge on any atom is -0.346 e. The van der Waals surface area contributed by atoms with E-state index in [0.29, 0.717) is 17.6 Å². The number of hydrogen-bond acceptors (Lipinski definition) is 3. The van der Waals surface area contributed by atoms with Crippen LogP contribution in [0, 0.1) is 0 Å². The largest absolute Gasteiger partial charge is 0.346 e. The van der Waals surface area contributed by atoms with Gasteiger partial charge in [0.1, 0.15) is 5.69 Å². The van der Waals surface area contributed by atoms with E-state index < -0.39 is 0 Å². The van der Waals surface area contributed by atoms with Gasteiger partial charge in [0, 0.05) is 15.1 Å². The van der Waals surface area contributed by atoms with Crippen LogP contribution in [0.3, 0.4) is 0 Å². The summed E-state index contributed by atoms with van der Waals surface area (Å²) >= 11 is 1.78. The molecule has 1 aliphatic carbocycles. The number of pyridine rings is 1. The van der Waals surface area contributed by atoms with Crippen molar-refractivity contribution in [1.82, 2.24) is 10.3 Å². The molecule has 2 N–H and O–H groups in total. The molecule has 1 aromatic carbocycles. The second kappa shape index (κ2) is 5.66. The Bertz CT molecular complexity index is 934. The Hall–Kier alpha value is -2.40. The molecule has 2 aromatic heterocycles. The number of benzene rings is 1. The van der Waals surface area contributed by atoms with Gasteiger partial charge in [0.25, 0.3) is 11.5 Å². The molecule has 0 unspecified atom stereocenters. The van der Waals surface area contributed by atoms with Crippen LogP contribution in [0.1, 0.15) is 32.2 Å². The lowest BCUT2D eigenvalue weighted by atomic mass is 10.1. The van der Waals surface area contributed by atoms with E-state index in [4.69, 9.17) is 0 Å². The third-order valence-corrected chi connectivity index (χ3v) is 5.46. The summed E-state index contributed by atoms with van der Waals surface area (Å²) < 4.78 is 0. The highest BCUT2D eigenvalue weighted by Gasteiger charge is 2.15. The van der Waals surface area contributed by atoms with Crippen LogP contribution in [-0.2, 0) is 19.4 Å². The number of carbonyl (C=O) groups is 1. The molecule has 4 nitrogen and oxygen atoms in total. The molecule has 0 bridgehead atoms. The fourth-order valence-electron chi connectivity index (χ4n) is 3.07. The zero-order chi connectivity index (χ0) is 15.8. The molecular formula is C18H16N2O2S. The number of rotatable bonds is 3. The van der Waals surface area contributed by atoms with E-state index in [1.54, 1.807) is 23.5 Å². The fraction of sp³-hybridized carbons (Fsp3) is 0.222. The maximum atomic E-state index is 12.3. The zero-order valence-corrected chi connectivity index (χ0v) is 13.3. The van der Waals surface area contributed by atoms with Gasteiger partial charge < -0.3 is 10.3 Å². The average molecular weight is 324 g/mol. The predicted octanol–water partition coefficient (Wildman–Crippen LogP) is 3.01. The number of carbonyl (C=O) groups excluding carboxylic acids is 1. The molecule has 1 amide bonds. The van der Waals surface area contributed by atoms with Gasteiger partial charge in [-0.15, -0.1) is 11.3 Å². The normalized spacial score (nSPS) is 13.2. The number of fused-ring (bicyclic) bond motifs is 2. The first-order valence-corrected chi connectivity index (χ1v) is 8.53. The van der Waals surface area contributed by atoms with Crippen LogP contribution < -0.4 is 10.9 Å². The number of thiophene rings is 1. The quantitative estimate of drug-likeness (QED) is 0.778. The van der Waals surface area contributed by atoms with Gasteiger partial charge in [0.05, 0.1) is 6.54 Å². The molecule has 0 saturated heterocycles. The number of H-pyrrole nitrogens is 1. The molecular weight excluding hydrogens is 308 g/mol. The Balaban J connectivity index is 1.53. The SMILES string of the molecule is O=C(NCc1cc2c(s1)CCC2)c1cc2ccccc2c(=O)[nH]1. The maximum absolute atomic E-state index is 12.3. The van der Waals surface area contributed by atoms with Crippen molar-refractivity contribution in [2.45, 2.75) is 25.8 Å². The van der Waals surface area contributed by atoms with Gasteiger partial charge in [-0.2, -0.15) is 0 Å². The third kappa shape index (κ3) is 2.68. The summed E-state index contributed by atoms with van der Waals surface area (Å²) in [5, 5.41) is 4.27. The molecule has 0 atom stereocenters. The predicted molar refractivity (Wildman–Crippen MR) is 92.1 cm³/mol. The summed E-state index contributed by atoms with van der Waals surface area (Å²) in [6.45, 7) is 0.505. The molecule has 116 valence electrons. The smallest absolute Gasteiger partial charge is 0.268 e. The molecule has 3 aromatic rings. The molecule has 0 fully saturated rings. The van der Waals surface area contributed by atoms with Gasteiger partial charge in [-0.1, -0.05) is 18.2 Å². The summed E-state index contributed by atoms with van der Waals surface area (Å²) in [5.74, 6) is -0.249. The van der Waals surface area contributed by atoms with E-state index in [-0.39, 0.29) is 11.5 Å². The van der Waals surface area contributed by atoms with E-state index in [1.807, 2.05) is 18.2 Å². The highest BCUT2D eigenvalue weighted by atomic mass is 32.1. The summed E-state index contributed by atoms with van der Waals surface area (Å²) in [6.07, 6.45) is 3.55. The van der Waals surface area contributed by atoms with Crippen LogP contribution in [0.4, 0.5) is 0 Å². The average Bonchev–Trinajstić information content (AvgIpc) is 3.14. The Morgan fingerprint density at radius 3 is 2.96 bits per heavy atom. The van der Waals surface area contributed by atoms with E-state index >= 15 is 0 Å². The number of amides is 1. The van der Waals surface area contributed by atoms with Crippen molar-refractivity contribution >= 4 is 28.0 Å². The first kappa shape index (κ1) is 14.2. The summed E-state index contributed by atoms with van der Waals surface area (Å²) in [6, 6.07) is 11.2. The van der Waals surface area contributed by atoms with E-state index in [2.05, 4.69) is 16.4 Å². The molecule has 0 radical (unpaired) electrons. The summed E-state index contributed by atoms with van der Waals surface area (Å²) in [7, 11) is 0. The highest BCUT2D eigenvalue weighted by Crippen LogP contribution is 2.30. The number of aromatic nitrogens is 1. The van der Waals surface area contributed by atoms with Gasteiger partial charge in [0.15, 0.2) is 0 Å². The Morgan fingerprint density at radius 1 is 1.22 bits per heavy atom. The lowest BCUT2D eigenvalue weighted by molar-refractivity contribution is 0.0946. The van der Waals surface area contributed by atoms with Crippen molar-refractivity contribution in [1.29, 1.82) is 0 Å². The van der Waals surface area contributed by atoms with Crippen LogP contribution in [0.25, 0.3) is 10.8 Å². The second-order valence-electron chi connectivity index (χ2n) is 5.80. The molecule has 1 aliphatic rings. The number of aromatic amines is 1. The maximum Gasteiger partial charge on any atom is 0.268 e. The topological polar surface area (TPSA) is 62.0 Å². The van der Waals surface area contributed by atoms with Gasteiger partial charge in [0.2, 0.25) is 0 Å². The van der Waals surface area contributed by atoms with Crippen molar-refractivity contribution in [3.63, 3.8) is 0 Å². The molecule has 0 aliphatic heterocycles. The molecule has 5 heteroatoms. The number of aryl methyl sites for hydroxylation is 2. The van der Waals surface area contributed by atoms with Gasteiger partial charge in [-0.25, -0.2) is 0 Å². The Kier molecular flexibility index (Phi) is 3.50. The first-order valence-electron chi connectivity index (χ1n) is 7.71. The van der Waals surface area contributed by atoms with Gasteiger partial charge >= 0.3 is 0 Å². The summed E-state index contributed by atoms with van der Waals surface area (Å²) in [4.78, 5) is 29.6. The van der Waals surface area contributed by atoms with Crippen LogP contribution in [0.2, 0.25) is 0 Å². The van der Waals surface area contributed by atoms with Crippen LogP contribution in [0.5, 0.6) is 0 Å². The summed E-state index contributed by atoms with van der Waals surface area (Å²) in [5.41, 5.74) is 1.50. The third-order valence-electron chi connectivity index (χ3n) is 4.22. The van der Waals surface area contributed by atoms with Crippen LogP contribution in [-0.4, -0.2) is 10.9 Å². The second-order valence-corrected chi connectivity index (χ2v) is 7.02. The molecule has 0 saturated carbocycles. The van der Waals surface area contributed by atoms with E-state index in [9.17, 15) is 9.59 Å². The zero-order valence-electron chi connectivity index (χ0n) is 12.5. The fourth-order valence-corrected chi connectivity index (χ4v) is 4.27. The lowest BCUT2D eigenvalue weighted by Crippen LogP contribution is -2.25. The van der Waals surface area contributed by atoms with Crippen LogP contribution in [0.15, 0.2) is 41.2 Å². The lowest BCUT2D eigenvalue weighted by Gasteiger charge is -2.05. The first-order chi connectivity index (χ1) is 11.2. The molecule has 2 heterocycles. The number of nitrogens with one attached hydrogen (secondary N) is 2. The van der Waals surface area contributed by atoms with Crippen LogP contribution >= 0.6 is 11.3 Å². The van der Waals surface area contributed by atoms with Crippen molar-refractivity contribution in [3.8, 4) is 0 Å². The molecule has 23 heavy (non-hydrogen) atoms. The Morgan fingerprint density at radius 2 is 2.09 bits per heavy atom. The molecule has 0 spiro atoms. The van der Waals surface area contributed by atoms with Crippen molar-refractivity contribution in [3.05, 3.63) is 67.8 Å². The Labute approximate surface area is 137 Å². The van der Waals surface area contributed by atoms with Gasteiger partial charge in [-0.05, 0) is 48.4 Å². The standard InChI is InChI=1S/C18H16N2O2S/c21-17-14-6-2-1-4-11(14)9-15(20-17)18(22)19-10-13-8-12-5-3-7-16(12)23-13/h1-2,4,6,8-9H,3,5,7,10H2,(H,19,22)(H,20,21). The van der Waals surface area contributed by atoms with E-state index in [0.717, 1.165) is 18.2 Å². The van der Waals surface area contributed by atoms with Gasteiger partial charge in [-0.3, -0.25) is 9.59 Å². The van der Waals surface area contributed by atoms with E-state index in [1.165, 1.54) is 21.7 Å². The number of hydrogen-bond donors (Lipinski definition) is 2. The monoisotopic (exact) mass is 324 g/mol. The van der Waals surface area contributed by atoms with Crippen molar-refractivity contribution < 1.29 is 4.79 Å². The van der Waals surface area contributed by atoms with Crippen molar-refractivity contribution in [2.75, 3.05) is 0 Å². The molecule has 4 rings (SSSR count). The minimum atomic E-state index is -0.249. The van der Waals surface area contributed by atoms with Crippen molar-refractivity contribution in [2.24, 2.45) is 0 Å².